The van der Waals surface area contributed by atoms with Crippen LogP contribution in [0.15, 0.2) is 0 Å². The third kappa shape index (κ3) is 6.11. The van der Waals surface area contributed by atoms with Crippen molar-refractivity contribution in [1.29, 1.82) is 0 Å². The predicted molar refractivity (Wildman–Crippen MR) is 41.4 cm³/mol. The van der Waals surface area contributed by atoms with E-state index < -0.39 is 0 Å². The zero-order valence-electron chi connectivity index (χ0n) is 5.42. The molecular formula is C5H14N2OS. The number of thioether (sulfide) groups is 1. The van der Waals surface area contributed by atoms with Gasteiger partial charge in [0.05, 0.1) is 6.10 Å². The lowest BCUT2D eigenvalue weighted by molar-refractivity contribution is 0.208. The van der Waals surface area contributed by atoms with Crippen LogP contribution in [0.25, 0.3) is 0 Å². The Labute approximate surface area is 59.8 Å². The van der Waals surface area contributed by atoms with Crippen LogP contribution in [-0.2, 0) is 0 Å². The van der Waals surface area contributed by atoms with Crippen molar-refractivity contribution < 1.29 is 5.11 Å². The minimum atomic E-state index is -0.360. The van der Waals surface area contributed by atoms with Crippen LogP contribution >= 0.6 is 11.8 Å². The molecule has 0 heterocycles. The first-order valence-corrected chi connectivity index (χ1v) is 4.12. The van der Waals surface area contributed by atoms with E-state index in [1.54, 1.807) is 11.8 Å². The van der Waals surface area contributed by atoms with Gasteiger partial charge in [0.1, 0.15) is 0 Å². The van der Waals surface area contributed by atoms with Gasteiger partial charge in [-0.3, -0.25) is 0 Å². The average Bonchev–Trinajstić information content (AvgIpc) is 1.89. The van der Waals surface area contributed by atoms with Crippen LogP contribution in [0.3, 0.4) is 0 Å². The Morgan fingerprint density at radius 1 is 1.44 bits per heavy atom. The van der Waals surface area contributed by atoms with E-state index in [1.807, 2.05) is 0 Å². The SMILES string of the molecule is NCCSCC(O)CN. The lowest BCUT2D eigenvalue weighted by Crippen LogP contribution is -2.22. The molecule has 5 N–H and O–H groups in total. The maximum atomic E-state index is 8.90. The summed E-state index contributed by atoms with van der Waals surface area (Å²) in [6.45, 7) is 1.01. The Bertz CT molecular complexity index is 62.9. The minimum Gasteiger partial charge on any atom is -0.391 e. The largest absolute Gasteiger partial charge is 0.391 e. The van der Waals surface area contributed by atoms with Gasteiger partial charge in [0.15, 0.2) is 0 Å². The Kier molecular flexibility index (Phi) is 6.51. The topological polar surface area (TPSA) is 72.3 Å². The molecule has 0 bridgehead atoms. The zero-order valence-corrected chi connectivity index (χ0v) is 6.23. The normalized spacial score (nSPS) is 13.7. The van der Waals surface area contributed by atoms with Crippen molar-refractivity contribution >= 4 is 11.8 Å². The molecule has 1 atom stereocenters. The van der Waals surface area contributed by atoms with E-state index in [1.165, 1.54) is 0 Å². The van der Waals surface area contributed by atoms with Crippen molar-refractivity contribution in [2.24, 2.45) is 11.5 Å². The van der Waals surface area contributed by atoms with Crippen LogP contribution in [0, 0.1) is 0 Å². The molecule has 1 unspecified atom stereocenters. The summed E-state index contributed by atoms with van der Waals surface area (Å²) < 4.78 is 0. The predicted octanol–water partition coefficient (Wildman–Crippen LogP) is -1.00. The Morgan fingerprint density at radius 3 is 2.56 bits per heavy atom. The molecule has 0 aromatic carbocycles. The van der Waals surface area contributed by atoms with Crippen molar-refractivity contribution in [3.8, 4) is 0 Å². The lowest BCUT2D eigenvalue weighted by Gasteiger charge is -2.04. The van der Waals surface area contributed by atoms with Crippen LogP contribution in [0.1, 0.15) is 0 Å². The molecule has 0 spiro atoms. The highest BCUT2D eigenvalue weighted by molar-refractivity contribution is 7.99. The van der Waals surface area contributed by atoms with Gasteiger partial charge in [-0.15, -0.1) is 0 Å². The number of aliphatic hydroxyl groups is 1. The van der Waals surface area contributed by atoms with Crippen molar-refractivity contribution in [3.63, 3.8) is 0 Å². The van der Waals surface area contributed by atoms with Gasteiger partial charge in [0, 0.05) is 24.6 Å². The standard InChI is InChI=1S/C5H14N2OS/c6-1-2-9-4-5(8)3-7/h5,8H,1-4,6-7H2. The van der Waals surface area contributed by atoms with Crippen LogP contribution < -0.4 is 11.5 Å². The van der Waals surface area contributed by atoms with Gasteiger partial charge in [-0.1, -0.05) is 0 Å². The van der Waals surface area contributed by atoms with E-state index in [0.29, 0.717) is 18.8 Å². The van der Waals surface area contributed by atoms with Gasteiger partial charge in [-0.05, 0) is 0 Å². The quantitative estimate of drug-likeness (QED) is 0.439. The van der Waals surface area contributed by atoms with E-state index in [4.69, 9.17) is 16.6 Å². The van der Waals surface area contributed by atoms with Crippen molar-refractivity contribution in [3.05, 3.63) is 0 Å². The Morgan fingerprint density at radius 2 is 2.11 bits per heavy atom. The summed E-state index contributed by atoms with van der Waals surface area (Å²) in [5.41, 5.74) is 10.4. The lowest BCUT2D eigenvalue weighted by atomic mass is 10.4. The van der Waals surface area contributed by atoms with Gasteiger partial charge in [-0.2, -0.15) is 11.8 Å². The van der Waals surface area contributed by atoms with Crippen molar-refractivity contribution in [1.82, 2.24) is 0 Å². The number of hydrogen-bond acceptors (Lipinski definition) is 4. The summed E-state index contributed by atoms with van der Waals surface area (Å²) in [6, 6.07) is 0. The summed E-state index contributed by atoms with van der Waals surface area (Å²) in [4.78, 5) is 0. The number of nitrogens with two attached hydrogens (primary N) is 2. The van der Waals surface area contributed by atoms with Crippen LogP contribution in [0.4, 0.5) is 0 Å². The maximum Gasteiger partial charge on any atom is 0.0752 e. The molecule has 0 aliphatic heterocycles. The minimum absolute atomic E-state index is 0.345. The summed E-state index contributed by atoms with van der Waals surface area (Å²) in [7, 11) is 0. The van der Waals surface area contributed by atoms with Crippen LogP contribution in [0.2, 0.25) is 0 Å². The molecule has 4 heteroatoms. The Hall–Kier alpha value is 0.230. The van der Waals surface area contributed by atoms with Gasteiger partial charge in [-0.25, -0.2) is 0 Å². The molecule has 0 saturated heterocycles. The number of rotatable bonds is 5. The van der Waals surface area contributed by atoms with E-state index in [-0.39, 0.29) is 6.10 Å². The molecule has 9 heavy (non-hydrogen) atoms. The molecule has 0 radical (unpaired) electrons. The van der Waals surface area contributed by atoms with Gasteiger partial charge >= 0.3 is 0 Å². The second-order valence-corrected chi connectivity index (χ2v) is 2.90. The average molecular weight is 150 g/mol. The molecular weight excluding hydrogens is 136 g/mol. The molecule has 0 saturated carbocycles. The fraction of sp³-hybridized carbons (Fsp3) is 1.00. The fourth-order valence-corrected chi connectivity index (χ4v) is 1.11. The third-order valence-electron chi connectivity index (χ3n) is 0.845. The maximum absolute atomic E-state index is 8.90. The molecule has 0 aromatic heterocycles. The summed E-state index contributed by atoms with van der Waals surface area (Å²) in [5, 5.41) is 8.90. The van der Waals surface area contributed by atoms with Crippen molar-refractivity contribution in [2.45, 2.75) is 6.10 Å². The smallest absolute Gasteiger partial charge is 0.0752 e. The van der Waals surface area contributed by atoms with E-state index in [2.05, 4.69) is 0 Å². The second-order valence-electron chi connectivity index (χ2n) is 1.75. The van der Waals surface area contributed by atoms with Crippen molar-refractivity contribution in [2.75, 3.05) is 24.6 Å². The summed E-state index contributed by atoms with van der Waals surface area (Å²) >= 11 is 1.63. The molecule has 0 aliphatic rings. The molecule has 0 aromatic rings. The first-order valence-electron chi connectivity index (χ1n) is 2.97. The Balaban J connectivity index is 2.88. The van der Waals surface area contributed by atoms with Crippen LogP contribution in [0.5, 0.6) is 0 Å². The monoisotopic (exact) mass is 150 g/mol. The number of aliphatic hydroxyl groups excluding tert-OH is 1. The first-order chi connectivity index (χ1) is 4.31. The summed E-state index contributed by atoms with van der Waals surface area (Å²) in [6.07, 6.45) is -0.360. The van der Waals surface area contributed by atoms with Crippen LogP contribution in [-0.4, -0.2) is 35.8 Å². The fourth-order valence-electron chi connectivity index (χ4n) is 0.371. The van der Waals surface area contributed by atoms with E-state index >= 15 is 0 Å². The molecule has 0 fully saturated rings. The van der Waals surface area contributed by atoms with Gasteiger partial charge in [0.2, 0.25) is 0 Å². The van der Waals surface area contributed by atoms with Gasteiger partial charge < -0.3 is 16.6 Å². The highest BCUT2D eigenvalue weighted by atomic mass is 32.2. The molecule has 3 nitrogen and oxygen atoms in total. The number of hydrogen-bond donors (Lipinski definition) is 3. The second kappa shape index (κ2) is 6.35. The molecule has 0 aliphatic carbocycles. The highest BCUT2D eigenvalue weighted by Crippen LogP contribution is 1.99. The third-order valence-corrected chi connectivity index (χ3v) is 1.99. The van der Waals surface area contributed by atoms with E-state index in [0.717, 1.165) is 5.75 Å². The molecule has 0 rings (SSSR count). The van der Waals surface area contributed by atoms with Gasteiger partial charge in [0.25, 0.3) is 0 Å². The molecule has 56 valence electrons. The summed E-state index contributed by atoms with van der Waals surface area (Å²) in [5.74, 6) is 1.60. The van der Waals surface area contributed by atoms with E-state index in [9.17, 15) is 0 Å². The first kappa shape index (κ1) is 9.23. The zero-order chi connectivity index (χ0) is 7.11. The molecule has 0 amide bonds. The highest BCUT2D eigenvalue weighted by Gasteiger charge is 1.98.